The van der Waals surface area contributed by atoms with Gasteiger partial charge in [0.1, 0.15) is 5.49 Å². The Morgan fingerprint density at radius 1 is 1.17 bits per heavy atom. The molecule has 5 rings (SSSR count). The molecule has 1 saturated heterocycles. The van der Waals surface area contributed by atoms with E-state index in [1.165, 1.54) is 29.2 Å². The molecule has 10 nitrogen and oxygen atoms in total. The number of nitrogens with one attached hydrogen (secondary N) is 1. The summed E-state index contributed by atoms with van der Waals surface area (Å²) in [5.74, 6) is 0. The summed E-state index contributed by atoms with van der Waals surface area (Å²) in [4.78, 5) is 9.99. The van der Waals surface area contributed by atoms with Gasteiger partial charge in [0.25, 0.3) is 10.2 Å². The highest BCUT2D eigenvalue weighted by molar-refractivity contribution is 7.89. The zero-order chi connectivity index (χ0) is 24.8. The van der Waals surface area contributed by atoms with Gasteiger partial charge in [-0.1, -0.05) is 18.2 Å². The van der Waals surface area contributed by atoms with Crippen LogP contribution in [0.15, 0.2) is 58.7 Å². The van der Waals surface area contributed by atoms with Crippen LogP contribution in [0.5, 0.6) is 0 Å². The van der Waals surface area contributed by atoms with Gasteiger partial charge in [0, 0.05) is 56.5 Å². The number of sulfonamides is 1. The monoisotopic (exact) mass is 518 g/mol. The summed E-state index contributed by atoms with van der Waals surface area (Å²) in [6, 6.07) is 8.13. The van der Waals surface area contributed by atoms with E-state index in [-0.39, 0.29) is 11.4 Å². The first-order valence-electron chi connectivity index (χ1n) is 11.6. The molecule has 12 heteroatoms. The molecule has 1 saturated carbocycles. The average molecular weight is 519 g/mol. The van der Waals surface area contributed by atoms with E-state index < -0.39 is 25.8 Å². The molecule has 3 aliphatic rings. The third-order valence-corrected chi connectivity index (χ3v) is 9.95. The van der Waals surface area contributed by atoms with E-state index >= 15 is 0 Å². The molecule has 188 valence electrons. The third kappa shape index (κ3) is 4.68. The van der Waals surface area contributed by atoms with Crippen LogP contribution >= 0.6 is 0 Å². The molecule has 0 atom stereocenters. The Morgan fingerprint density at radius 2 is 1.97 bits per heavy atom. The fraction of sp³-hybridized carbons (Fsp3) is 0.435. The third-order valence-electron chi connectivity index (χ3n) is 6.99. The number of hydrogen-bond acceptors (Lipinski definition) is 6. The van der Waals surface area contributed by atoms with Gasteiger partial charge in [-0.15, -0.1) is 0 Å². The van der Waals surface area contributed by atoms with Crippen LogP contribution in [0, 0.1) is 0 Å². The van der Waals surface area contributed by atoms with E-state index in [0.717, 1.165) is 36.4 Å². The van der Waals surface area contributed by atoms with Crippen molar-refractivity contribution in [2.24, 2.45) is 10.1 Å². The maximum absolute atomic E-state index is 13.6. The molecular weight excluding hydrogens is 488 g/mol. The number of primary sulfonamides is 1. The highest BCUT2D eigenvalue weighted by Gasteiger charge is 2.56. The van der Waals surface area contributed by atoms with Crippen LogP contribution < -0.4 is 15.8 Å². The SMILES string of the molecule is CN(Cc1cccc(S(N)(=O)=O)c1)S(=O)(=O)N1CCN(C2=c3cc[nH]c3=NC=CCC2)CC12CC2. The van der Waals surface area contributed by atoms with Crippen molar-refractivity contribution in [2.75, 3.05) is 26.7 Å². The van der Waals surface area contributed by atoms with Gasteiger partial charge < -0.3 is 9.88 Å². The Labute approximate surface area is 205 Å². The van der Waals surface area contributed by atoms with Crippen LogP contribution in [0.4, 0.5) is 0 Å². The molecule has 0 radical (unpaired) electrons. The van der Waals surface area contributed by atoms with Crippen LogP contribution in [-0.2, 0) is 26.8 Å². The number of aromatic nitrogens is 1. The molecule has 2 aromatic rings. The zero-order valence-electron chi connectivity index (χ0n) is 19.6. The number of piperazine rings is 1. The van der Waals surface area contributed by atoms with E-state index in [1.807, 2.05) is 18.5 Å². The number of hydrogen-bond donors (Lipinski definition) is 2. The van der Waals surface area contributed by atoms with Crippen LogP contribution in [0.2, 0.25) is 0 Å². The second-order valence-electron chi connectivity index (χ2n) is 9.41. The van der Waals surface area contributed by atoms with Gasteiger partial charge in [-0.2, -0.15) is 17.0 Å². The lowest BCUT2D eigenvalue weighted by Gasteiger charge is -2.44. The summed E-state index contributed by atoms with van der Waals surface area (Å²) in [5.41, 5.74) is 2.17. The molecule has 3 heterocycles. The highest BCUT2D eigenvalue weighted by atomic mass is 32.2. The first-order chi connectivity index (χ1) is 16.6. The lowest BCUT2D eigenvalue weighted by atomic mass is 10.1. The highest BCUT2D eigenvalue weighted by Crippen LogP contribution is 2.47. The van der Waals surface area contributed by atoms with Gasteiger partial charge in [-0.05, 0) is 49.4 Å². The maximum Gasteiger partial charge on any atom is 0.282 e. The van der Waals surface area contributed by atoms with Crippen LogP contribution in [0.1, 0.15) is 31.2 Å². The van der Waals surface area contributed by atoms with Gasteiger partial charge >= 0.3 is 0 Å². The van der Waals surface area contributed by atoms with Crippen molar-refractivity contribution >= 4 is 25.9 Å². The first kappa shape index (κ1) is 24.2. The normalized spacial score (nSPS) is 20.4. The molecule has 2 fully saturated rings. The minimum absolute atomic E-state index is 0.0324. The fourth-order valence-corrected chi connectivity index (χ4v) is 7.29. The van der Waals surface area contributed by atoms with Crippen molar-refractivity contribution in [1.82, 2.24) is 18.5 Å². The van der Waals surface area contributed by atoms with Crippen molar-refractivity contribution in [2.45, 2.75) is 42.7 Å². The molecule has 1 spiro atoms. The number of nitrogens with zero attached hydrogens (tertiary/aromatic N) is 4. The summed E-state index contributed by atoms with van der Waals surface area (Å²) in [6.45, 7) is 1.68. The molecule has 1 aliphatic carbocycles. The van der Waals surface area contributed by atoms with E-state index in [0.29, 0.717) is 25.2 Å². The van der Waals surface area contributed by atoms with Gasteiger partial charge in [0.15, 0.2) is 0 Å². The van der Waals surface area contributed by atoms with Crippen molar-refractivity contribution in [3.05, 3.63) is 65.1 Å². The van der Waals surface area contributed by atoms with Crippen LogP contribution in [0.3, 0.4) is 0 Å². The smallest absolute Gasteiger partial charge is 0.282 e. The van der Waals surface area contributed by atoms with Gasteiger partial charge in [-0.25, -0.2) is 18.5 Å². The summed E-state index contributed by atoms with van der Waals surface area (Å²) in [7, 11) is -6.09. The second kappa shape index (κ2) is 8.86. The maximum atomic E-state index is 13.6. The fourth-order valence-electron chi connectivity index (χ4n) is 5.02. The molecular formula is C23H30N6O4S2. The summed E-state index contributed by atoms with van der Waals surface area (Å²) >= 11 is 0. The predicted molar refractivity (Wildman–Crippen MR) is 132 cm³/mol. The largest absolute Gasteiger partial charge is 0.371 e. The number of benzene rings is 1. The average Bonchev–Trinajstić information content (AvgIpc) is 3.39. The summed E-state index contributed by atoms with van der Waals surface area (Å²) in [5, 5.41) is 6.31. The zero-order valence-corrected chi connectivity index (χ0v) is 21.2. The Hall–Kier alpha value is -2.51. The summed E-state index contributed by atoms with van der Waals surface area (Å²) < 4.78 is 53.6. The lowest BCUT2D eigenvalue weighted by Crippen LogP contribution is -2.59. The van der Waals surface area contributed by atoms with Crippen molar-refractivity contribution < 1.29 is 16.8 Å². The molecule has 0 bridgehead atoms. The Bertz CT molecular complexity index is 1490. The Balaban J connectivity index is 1.37. The minimum atomic E-state index is -3.86. The van der Waals surface area contributed by atoms with Gasteiger partial charge in [-0.3, -0.25) is 0 Å². The van der Waals surface area contributed by atoms with Crippen molar-refractivity contribution in [1.29, 1.82) is 0 Å². The number of H-pyrrole nitrogens is 1. The van der Waals surface area contributed by atoms with Crippen LogP contribution in [0.25, 0.3) is 5.70 Å². The van der Waals surface area contributed by atoms with E-state index in [4.69, 9.17) is 5.14 Å². The lowest BCUT2D eigenvalue weighted by molar-refractivity contribution is 0.156. The van der Waals surface area contributed by atoms with Gasteiger partial charge in [0.05, 0.1) is 10.4 Å². The standard InChI is InChI=1S/C23H30N6O4S2/c1-27(16-18-5-4-6-19(15-18)34(24,30)31)35(32,33)29-14-13-28(17-23(29)9-10-23)21-7-2-3-11-25-22-20(21)8-12-26-22/h3-6,8,11-12,15H,2,7,9-10,13-14,16-17H2,1H3,(H,25,26)(H2,24,30,31). The number of fused-ring (bicyclic) bond motifs is 1. The second-order valence-corrected chi connectivity index (χ2v) is 12.9. The summed E-state index contributed by atoms with van der Waals surface area (Å²) in [6.07, 6.45) is 9.16. The topological polar surface area (TPSA) is 132 Å². The quantitative estimate of drug-likeness (QED) is 0.565. The van der Waals surface area contributed by atoms with Crippen molar-refractivity contribution in [3.8, 4) is 0 Å². The van der Waals surface area contributed by atoms with E-state index in [9.17, 15) is 16.8 Å². The molecule has 35 heavy (non-hydrogen) atoms. The Kier molecular flexibility index (Phi) is 6.12. The number of aromatic amines is 1. The van der Waals surface area contributed by atoms with E-state index in [2.05, 4.69) is 21.0 Å². The van der Waals surface area contributed by atoms with Crippen molar-refractivity contribution in [3.63, 3.8) is 0 Å². The molecule has 1 aromatic heterocycles. The number of allylic oxidation sites excluding steroid dienone is 1. The molecule has 1 aromatic carbocycles. The molecule has 0 amide bonds. The number of nitrogens with two attached hydrogens (primary N) is 1. The molecule has 3 N–H and O–H groups in total. The number of rotatable bonds is 6. The molecule has 0 unspecified atom stereocenters. The molecule has 2 aliphatic heterocycles. The van der Waals surface area contributed by atoms with Gasteiger partial charge in [0.2, 0.25) is 10.0 Å². The van der Waals surface area contributed by atoms with Crippen LogP contribution in [-0.4, -0.2) is 67.6 Å². The predicted octanol–water partition coefficient (Wildman–Crippen LogP) is 0.224. The Morgan fingerprint density at radius 3 is 2.71 bits per heavy atom. The minimum Gasteiger partial charge on any atom is -0.371 e. The van der Waals surface area contributed by atoms with E-state index in [1.54, 1.807) is 16.4 Å². The first-order valence-corrected chi connectivity index (χ1v) is 14.5.